The summed E-state index contributed by atoms with van der Waals surface area (Å²) in [7, 11) is 0. The first-order valence-electron chi connectivity index (χ1n) is 4.66. The zero-order valence-corrected chi connectivity index (χ0v) is 7.42. The van der Waals surface area contributed by atoms with Gasteiger partial charge in [0.1, 0.15) is 0 Å². The third kappa shape index (κ3) is 1.49. The second-order valence-corrected chi connectivity index (χ2v) is 3.51. The van der Waals surface area contributed by atoms with Crippen LogP contribution in [0.4, 0.5) is 0 Å². The Morgan fingerprint density at radius 2 is 2.00 bits per heavy atom. The molecular weight excluding hydrogens is 152 g/mol. The van der Waals surface area contributed by atoms with Gasteiger partial charge in [0.2, 0.25) is 5.89 Å². The predicted molar refractivity (Wildman–Crippen MR) is 44.9 cm³/mol. The van der Waals surface area contributed by atoms with Gasteiger partial charge in [-0.3, -0.25) is 0 Å². The summed E-state index contributed by atoms with van der Waals surface area (Å²) in [5, 5.41) is 3.95. The lowest BCUT2D eigenvalue weighted by Crippen LogP contribution is -2.05. The van der Waals surface area contributed by atoms with E-state index in [0.29, 0.717) is 11.8 Å². The van der Waals surface area contributed by atoms with Crippen molar-refractivity contribution >= 4 is 0 Å². The summed E-state index contributed by atoms with van der Waals surface area (Å²) < 4.78 is 4.96. The van der Waals surface area contributed by atoms with Gasteiger partial charge in [-0.2, -0.15) is 4.98 Å². The summed E-state index contributed by atoms with van der Waals surface area (Å²) >= 11 is 0. The molecule has 0 radical (unpaired) electrons. The van der Waals surface area contributed by atoms with Gasteiger partial charge in [0, 0.05) is 12.8 Å². The fourth-order valence-corrected chi connectivity index (χ4v) is 1.84. The van der Waals surface area contributed by atoms with Crippen LogP contribution in [0.2, 0.25) is 0 Å². The maximum absolute atomic E-state index is 4.96. The lowest BCUT2D eigenvalue weighted by Gasteiger charge is -2.17. The van der Waals surface area contributed by atoms with E-state index in [4.69, 9.17) is 4.52 Å². The average molecular weight is 166 g/mol. The van der Waals surface area contributed by atoms with Crippen LogP contribution in [0.25, 0.3) is 0 Å². The molecule has 1 aromatic rings. The van der Waals surface area contributed by atoms with Crippen LogP contribution in [0.15, 0.2) is 4.52 Å². The Kier molecular flexibility index (Phi) is 2.11. The molecule has 1 aromatic heterocycles. The van der Waals surface area contributed by atoms with E-state index in [1.165, 1.54) is 32.1 Å². The molecule has 0 bridgehead atoms. The summed E-state index contributed by atoms with van der Waals surface area (Å²) in [6.45, 7) is 1.85. The van der Waals surface area contributed by atoms with Crippen molar-refractivity contribution in [2.45, 2.75) is 44.9 Å². The van der Waals surface area contributed by atoms with Crippen LogP contribution in [0.5, 0.6) is 0 Å². The summed E-state index contributed by atoms with van der Waals surface area (Å²) in [5.74, 6) is 2.18. The van der Waals surface area contributed by atoms with Gasteiger partial charge in [-0.15, -0.1) is 0 Å². The number of rotatable bonds is 1. The first-order valence-corrected chi connectivity index (χ1v) is 4.66. The quantitative estimate of drug-likeness (QED) is 0.643. The second-order valence-electron chi connectivity index (χ2n) is 3.51. The topological polar surface area (TPSA) is 38.9 Å². The van der Waals surface area contributed by atoms with E-state index in [-0.39, 0.29) is 0 Å². The summed E-state index contributed by atoms with van der Waals surface area (Å²) in [6.07, 6.45) is 6.47. The summed E-state index contributed by atoms with van der Waals surface area (Å²) in [4.78, 5) is 4.26. The minimum absolute atomic E-state index is 0.566. The molecule has 12 heavy (non-hydrogen) atoms. The van der Waals surface area contributed by atoms with E-state index in [2.05, 4.69) is 10.1 Å². The third-order valence-corrected chi connectivity index (χ3v) is 2.51. The molecule has 0 spiro atoms. The minimum Gasteiger partial charge on any atom is -0.340 e. The fourth-order valence-electron chi connectivity index (χ4n) is 1.84. The fraction of sp³-hybridized carbons (Fsp3) is 0.778. The third-order valence-electron chi connectivity index (χ3n) is 2.51. The Morgan fingerprint density at radius 1 is 1.25 bits per heavy atom. The van der Waals surface area contributed by atoms with E-state index in [0.717, 1.165) is 5.82 Å². The number of hydrogen-bond acceptors (Lipinski definition) is 3. The highest BCUT2D eigenvalue weighted by molar-refractivity contribution is 4.95. The largest absolute Gasteiger partial charge is 0.340 e. The van der Waals surface area contributed by atoms with Crippen molar-refractivity contribution in [2.24, 2.45) is 0 Å². The molecular formula is C9H14N2O. The normalized spacial score (nSPS) is 19.8. The van der Waals surface area contributed by atoms with Gasteiger partial charge in [-0.25, -0.2) is 0 Å². The van der Waals surface area contributed by atoms with Gasteiger partial charge < -0.3 is 4.52 Å². The maximum atomic E-state index is 4.96. The van der Waals surface area contributed by atoms with Crippen molar-refractivity contribution in [1.82, 2.24) is 10.1 Å². The van der Waals surface area contributed by atoms with Gasteiger partial charge in [0.25, 0.3) is 0 Å². The zero-order chi connectivity index (χ0) is 8.39. The smallest absolute Gasteiger partial charge is 0.223 e. The molecule has 1 aliphatic carbocycles. The number of hydrogen-bond donors (Lipinski definition) is 0. The molecule has 0 saturated heterocycles. The first-order chi connectivity index (χ1) is 5.86. The Morgan fingerprint density at radius 3 is 2.58 bits per heavy atom. The van der Waals surface area contributed by atoms with Crippen LogP contribution in [-0.2, 0) is 0 Å². The molecule has 2 rings (SSSR count). The summed E-state index contributed by atoms with van der Waals surface area (Å²) in [6, 6.07) is 0. The molecule has 1 saturated carbocycles. The van der Waals surface area contributed by atoms with Gasteiger partial charge in [0.05, 0.1) is 0 Å². The summed E-state index contributed by atoms with van der Waals surface area (Å²) in [5.41, 5.74) is 0. The van der Waals surface area contributed by atoms with E-state index in [1.807, 2.05) is 6.92 Å². The highest BCUT2D eigenvalue weighted by Crippen LogP contribution is 2.30. The zero-order valence-electron chi connectivity index (χ0n) is 7.42. The molecule has 1 heterocycles. The number of aromatic nitrogens is 2. The molecule has 66 valence electrons. The monoisotopic (exact) mass is 166 g/mol. The standard InChI is InChI=1S/C9H14N2O/c1-7-10-9(11-12-7)8-5-3-2-4-6-8/h8H,2-6H2,1H3. The molecule has 1 fully saturated rings. The van der Waals surface area contributed by atoms with E-state index in [1.54, 1.807) is 0 Å². The highest BCUT2D eigenvalue weighted by atomic mass is 16.5. The Bertz CT molecular complexity index is 251. The molecule has 3 heteroatoms. The van der Waals surface area contributed by atoms with E-state index >= 15 is 0 Å². The molecule has 0 unspecified atom stereocenters. The Hall–Kier alpha value is -0.860. The van der Waals surface area contributed by atoms with Crippen molar-refractivity contribution in [3.63, 3.8) is 0 Å². The maximum Gasteiger partial charge on any atom is 0.223 e. The van der Waals surface area contributed by atoms with Crippen LogP contribution in [0.1, 0.15) is 49.7 Å². The van der Waals surface area contributed by atoms with Crippen molar-refractivity contribution in [2.75, 3.05) is 0 Å². The molecule has 0 amide bonds. The van der Waals surface area contributed by atoms with Crippen molar-refractivity contribution in [3.8, 4) is 0 Å². The lowest BCUT2D eigenvalue weighted by atomic mass is 9.89. The molecule has 1 aliphatic rings. The Balaban J connectivity index is 2.08. The van der Waals surface area contributed by atoms with Gasteiger partial charge >= 0.3 is 0 Å². The van der Waals surface area contributed by atoms with Crippen LogP contribution in [0, 0.1) is 6.92 Å². The van der Waals surface area contributed by atoms with E-state index < -0.39 is 0 Å². The molecule has 0 N–H and O–H groups in total. The van der Waals surface area contributed by atoms with Crippen molar-refractivity contribution in [1.29, 1.82) is 0 Å². The lowest BCUT2D eigenvalue weighted by molar-refractivity contribution is 0.367. The SMILES string of the molecule is Cc1nc(C2CCCCC2)no1. The van der Waals surface area contributed by atoms with Crippen molar-refractivity contribution in [3.05, 3.63) is 11.7 Å². The molecule has 0 atom stereocenters. The number of nitrogens with zero attached hydrogens (tertiary/aromatic N) is 2. The van der Waals surface area contributed by atoms with Gasteiger partial charge in [-0.1, -0.05) is 24.4 Å². The molecule has 0 aliphatic heterocycles. The molecule has 3 nitrogen and oxygen atoms in total. The molecule has 0 aromatic carbocycles. The Labute approximate surface area is 72.2 Å². The van der Waals surface area contributed by atoms with Crippen LogP contribution in [-0.4, -0.2) is 10.1 Å². The van der Waals surface area contributed by atoms with Crippen LogP contribution >= 0.6 is 0 Å². The van der Waals surface area contributed by atoms with Gasteiger partial charge in [0.15, 0.2) is 5.82 Å². The highest BCUT2D eigenvalue weighted by Gasteiger charge is 2.19. The van der Waals surface area contributed by atoms with E-state index in [9.17, 15) is 0 Å². The average Bonchev–Trinajstić information content (AvgIpc) is 2.54. The first kappa shape index (κ1) is 7.77. The number of aryl methyl sites for hydroxylation is 1. The second kappa shape index (κ2) is 3.25. The van der Waals surface area contributed by atoms with Crippen molar-refractivity contribution < 1.29 is 4.52 Å². The predicted octanol–water partition coefficient (Wildman–Crippen LogP) is 2.43. The van der Waals surface area contributed by atoms with Crippen LogP contribution < -0.4 is 0 Å². The minimum atomic E-state index is 0.566. The van der Waals surface area contributed by atoms with Gasteiger partial charge in [-0.05, 0) is 12.8 Å². The van der Waals surface area contributed by atoms with Crippen LogP contribution in [0.3, 0.4) is 0 Å².